The van der Waals surface area contributed by atoms with Gasteiger partial charge in [0.1, 0.15) is 5.82 Å². The Morgan fingerprint density at radius 1 is 1.48 bits per heavy atom. The molecule has 0 saturated carbocycles. The largest absolute Gasteiger partial charge is 0.311 e. The average Bonchev–Trinajstić information content (AvgIpc) is 2.87. The molecule has 0 aliphatic carbocycles. The molecule has 2 aromatic rings. The minimum absolute atomic E-state index is 0.0689. The van der Waals surface area contributed by atoms with Crippen LogP contribution >= 0.6 is 11.8 Å². The number of thioether (sulfide) groups is 1. The normalized spacial score (nSPS) is 16.5. The van der Waals surface area contributed by atoms with Gasteiger partial charge in [0.25, 0.3) is 5.56 Å². The van der Waals surface area contributed by atoms with Crippen LogP contribution in [0.15, 0.2) is 40.5 Å². The van der Waals surface area contributed by atoms with Crippen LogP contribution in [0.5, 0.6) is 0 Å². The van der Waals surface area contributed by atoms with Gasteiger partial charge < -0.3 is 5.32 Å². The standard InChI is InChI=1S/C14H14N4O2S/c1-9-7-16-14-18(13(9)20)10(8-21-14)6-12(19)17-11-4-2-3-5-15-11/h2-5,7,10H,6,8H2,1H3,(H,15,17,19)/t10-/m0/s1. The zero-order valence-electron chi connectivity index (χ0n) is 11.4. The molecule has 7 heteroatoms. The zero-order chi connectivity index (χ0) is 14.8. The summed E-state index contributed by atoms with van der Waals surface area (Å²) in [5.74, 6) is 1.05. The van der Waals surface area contributed by atoms with Gasteiger partial charge in [-0.1, -0.05) is 17.8 Å². The number of hydrogen-bond donors (Lipinski definition) is 1. The number of aromatic nitrogens is 3. The fourth-order valence-corrected chi connectivity index (χ4v) is 3.32. The third-order valence-corrected chi connectivity index (χ3v) is 4.37. The summed E-state index contributed by atoms with van der Waals surface area (Å²) in [6.07, 6.45) is 3.44. The molecule has 108 valence electrons. The summed E-state index contributed by atoms with van der Waals surface area (Å²) < 4.78 is 1.62. The Kier molecular flexibility index (Phi) is 3.74. The van der Waals surface area contributed by atoms with Crippen LogP contribution in [0.3, 0.4) is 0 Å². The zero-order valence-corrected chi connectivity index (χ0v) is 12.3. The van der Waals surface area contributed by atoms with E-state index >= 15 is 0 Å². The molecule has 1 aliphatic rings. The van der Waals surface area contributed by atoms with Gasteiger partial charge >= 0.3 is 0 Å². The van der Waals surface area contributed by atoms with Crippen LogP contribution in [0.2, 0.25) is 0 Å². The molecule has 3 rings (SSSR count). The third-order valence-electron chi connectivity index (χ3n) is 3.25. The van der Waals surface area contributed by atoms with Crippen molar-refractivity contribution in [2.24, 2.45) is 0 Å². The number of aryl methyl sites for hydroxylation is 1. The summed E-state index contributed by atoms with van der Waals surface area (Å²) in [5, 5.41) is 3.42. The van der Waals surface area contributed by atoms with E-state index in [1.54, 1.807) is 42.1 Å². The maximum Gasteiger partial charge on any atom is 0.257 e. The van der Waals surface area contributed by atoms with E-state index < -0.39 is 0 Å². The van der Waals surface area contributed by atoms with E-state index in [0.29, 0.717) is 22.3 Å². The Bertz CT molecular complexity index is 729. The first-order valence-corrected chi connectivity index (χ1v) is 7.55. The van der Waals surface area contributed by atoms with Crippen LogP contribution in [0.1, 0.15) is 18.0 Å². The second kappa shape index (κ2) is 5.69. The predicted octanol–water partition coefficient (Wildman–Crippen LogP) is 1.62. The fourth-order valence-electron chi connectivity index (χ4n) is 2.22. The van der Waals surface area contributed by atoms with E-state index in [1.807, 2.05) is 0 Å². The van der Waals surface area contributed by atoms with Crippen molar-refractivity contribution in [3.8, 4) is 0 Å². The number of anilines is 1. The second-order valence-electron chi connectivity index (χ2n) is 4.83. The average molecular weight is 302 g/mol. The van der Waals surface area contributed by atoms with E-state index in [-0.39, 0.29) is 23.9 Å². The summed E-state index contributed by atoms with van der Waals surface area (Å²) in [4.78, 5) is 32.5. The number of rotatable bonds is 3. The summed E-state index contributed by atoms with van der Waals surface area (Å²) in [6, 6.07) is 5.16. The Labute approximate surface area is 125 Å². The lowest BCUT2D eigenvalue weighted by Gasteiger charge is -2.13. The molecule has 1 amide bonds. The highest BCUT2D eigenvalue weighted by atomic mass is 32.2. The fraction of sp³-hybridized carbons (Fsp3) is 0.286. The molecule has 0 unspecified atom stereocenters. The molecular weight excluding hydrogens is 288 g/mol. The van der Waals surface area contributed by atoms with E-state index in [0.717, 1.165) is 0 Å². The highest BCUT2D eigenvalue weighted by Gasteiger charge is 2.27. The first-order chi connectivity index (χ1) is 10.1. The van der Waals surface area contributed by atoms with E-state index in [1.165, 1.54) is 11.8 Å². The number of carbonyl (C=O) groups is 1. The summed E-state index contributed by atoms with van der Waals surface area (Å²) in [6.45, 7) is 1.73. The lowest BCUT2D eigenvalue weighted by Crippen LogP contribution is -2.28. The molecule has 2 aromatic heterocycles. The summed E-state index contributed by atoms with van der Waals surface area (Å²) in [7, 11) is 0. The lowest BCUT2D eigenvalue weighted by atomic mass is 10.2. The van der Waals surface area contributed by atoms with Crippen molar-refractivity contribution in [1.29, 1.82) is 0 Å². The van der Waals surface area contributed by atoms with Gasteiger partial charge in [-0.3, -0.25) is 14.2 Å². The minimum atomic E-state index is -0.159. The molecule has 0 fully saturated rings. The van der Waals surface area contributed by atoms with Gasteiger partial charge in [-0.25, -0.2) is 9.97 Å². The number of pyridine rings is 1. The molecule has 21 heavy (non-hydrogen) atoms. The van der Waals surface area contributed by atoms with Crippen molar-refractivity contribution in [3.05, 3.63) is 46.5 Å². The van der Waals surface area contributed by atoms with Crippen LogP contribution in [0.4, 0.5) is 5.82 Å². The molecule has 0 aromatic carbocycles. The number of hydrogen-bond acceptors (Lipinski definition) is 5. The molecule has 0 radical (unpaired) electrons. The van der Waals surface area contributed by atoms with Gasteiger partial charge in [0.05, 0.1) is 6.04 Å². The Balaban J connectivity index is 1.75. The predicted molar refractivity (Wildman–Crippen MR) is 80.5 cm³/mol. The van der Waals surface area contributed by atoms with Crippen LogP contribution in [-0.4, -0.2) is 26.2 Å². The second-order valence-corrected chi connectivity index (χ2v) is 5.82. The van der Waals surface area contributed by atoms with E-state index in [4.69, 9.17) is 0 Å². The maximum atomic E-state index is 12.2. The maximum absolute atomic E-state index is 12.2. The number of amides is 1. The molecule has 3 heterocycles. The highest BCUT2D eigenvalue weighted by molar-refractivity contribution is 7.99. The number of carbonyl (C=O) groups excluding carboxylic acids is 1. The van der Waals surface area contributed by atoms with Crippen LogP contribution in [0, 0.1) is 6.92 Å². The SMILES string of the molecule is Cc1cnc2n(c1=O)[C@@H](CC(=O)Nc1ccccn1)CS2. The first-order valence-electron chi connectivity index (χ1n) is 6.57. The van der Waals surface area contributed by atoms with Crippen molar-refractivity contribution in [2.75, 3.05) is 11.1 Å². The van der Waals surface area contributed by atoms with Crippen molar-refractivity contribution in [1.82, 2.24) is 14.5 Å². The summed E-state index contributed by atoms with van der Waals surface area (Å²) in [5.41, 5.74) is 0.525. The molecule has 6 nitrogen and oxygen atoms in total. The van der Waals surface area contributed by atoms with Crippen molar-refractivity contribution < 1.29 is 4.79 Å². The summed E-state index contributed by atoms with van der Waals surface area (Å²) >= 11 is 1.50. The van der Waals surface area contributed by atoms with E-state index in [2.05, 4.69) is 15.3 Å². The molecule has 0 spiro atoms. The molecule has 1 atom stereocenters. The van der Waals surface area contributed by atoms with Gasteiger partial charge in [-0.2, -0.15) is 0 Å². The highest BCUT2D eigenvalue weighted by Crippen LogP contribution is 2.31. The van der Waals surface area contributed by atoms with E-state index in [9.17, 15) is 9.59 Å². The Morgan fingerprint density at radius 2 is 2.33 bits per heavy atom. The topological polar surface area (TPSA) is 76.9 Å². The van der Waals surface area contributed by atoms with Crippen LogP contribution < -0.4 is 10.9 Å². The van der Waals surface area contributed by atoms with Crippen molar-refractivity contribution >= 4 is 23.5 Å². The van der Waals surface area contributed by atoms with Crippen LogP contribution in [0.25, 0.3) is 0 Å². The molecule has 1 N–H and O–H groups in total. The number of fused-ring (bicyclic) bond motifs is 1. The third kappa shape index (κ3) is 2.82. The molecule has 0 bridgehead atoms. The van der Waals surface area contributed by atoms with Gasteiger partial charge in [0, 0.05) is 30.1 Å². The monoisotopic (exact) mass is 302 g/mol. The van der Waals surface area contributed by atoms with Crippen molar-refractivity contribution in [2.45, 2.75) is 24.5 Å². The number of nitrogens with one attached hydrogen (secondary N) is 1. The lowest BCUT2D eigenvalue weighted by molar-refractivity contribution is -0.116. The van der Waals surface area contributed by atoms with Gasteiger partial charge in [-0.15, -0.1) is 0 Å². The molecule has 1 aliphatic heterocycles. The number of nitrogens with zero attached hydrogens (tertiary/aromatic N) is 3. The quantitative estimate of drug-likeness (QED) is 0.872. The smallest absolute Gasteiger partial charge is 0.257 e. The molecular formula is C14H14N4O2S. The van der Waals surface area contributed by atoms with Crippen molar-refractivity contribution in [3.63, 3.8) is 0 Å². The molecule has 0 saturated heterocycles. The Hall–Kier alpha value is -2.15. The Morgan fingerprint density at radius 3 is 3.10 bits per heavy atom. The first kappa shape index (κ1) is 13.8. The van der Waals surface area contributed by atoms with Gasteiger partial charge in [0.15, 0.2) is 5.16 Å². The van der Waals surface area contributed by atoms with Gasteiger partial charge in [-0.05, 0) is 19.1 Å². The van der Waals surface area contributed by atoms with Gasteiger partial charge in [0.2, 0.25) is 5.91 Å². The minimum Gasteiger partial charge on any atom is -0.311 e. The van der Waals surface area contributed by atoms with Crippen LogP contribution in [-0.2, 0) is 4.79 Å².